The van der Waals surface area contributed by atoms with Crippen LogP contribution in [0.4, 0.5) is 4.39 Å². The minimum absolute atomic E-state index is 0.103. The molecule has 0 radical (unpaired) electrons. The zero-order chi connectivity index (χ0) is 13.9. The molecular formula is C14H21ClFNO. The van der Waals surface area contributed by atoms with E-state index >= 15 is 0 Å². The Kier molecular flexibility index (Phi) is 5.14. The summed E-state index contributed by atoms with van der Waals surface area (Å²) in [5.41, 5.74) is 0.470. The van der Waals surface area contributed by atoms with Crippen molar-refractivity contribution in [2.75, 3.05) is 14.2 Å². The summed E-state index contributed by atoms with van der Waals surface area (Å²) in [5, 5.41) is 3.53. The van der Waals surface area contributed by atoms with Crippen LogP contribution in [0.2, 0.25) is 5.02 Å². The van der Waals surface area contributed by atoms with E-state index < -0.39 is 0 Å². The molecule has 0 fully saturated rings. The Labute approximate surface area is 113 Å². The van der Waals surface area contributed by atoms with Crippen molar-refractivity contribution in [3.8, 4) is 0 Å². The second-order valence-corrected chi connectivity index (χ2v) is 5.89. The topological polar surface area (TPSA) is 21.3 Å². The lowest BCUT2D eigenvalue weighted by molar-refractivity contribution is -0.0109. The molecule has 0 heterocycles. The molecule has 0 aliphatic rings. The third-order valence-corrected chi connectivity index (χ3v) is 3.25. The van der Waals surface area contributed by atoms with E-state index in [1.807, 2.05) is 0 Å². The molecule has 1 aromatic carbocycles. The van der Waals surface area contributed by atoms with Gasteiger partial charge in [0.15, 0.2) is 0 Å². The summed E-state index contributed by atoms with van der Waals surface area (Å²) < 4.78 is 19.5. The van der Waals surface area contributed by atoms with E-state index in [4.69, 9.17) is 16.3 Å². The summed E-state index contributed by atoms with van der Waals surface area (Å²) in [7, 11) is 3.45. The van der Waals surface area contributed by atoms with Gasteiger partial charge in [-0.2, -0.15) is 0 Å². The van der Waals surface area contributed by atoms with Gasteiger partial charge in [0.05, 0.1) is 12.1 Å². The normalized spacial score (nSPS) is 15.5. The van der Waals surface area contributed by atoms with Crippen molar-refractivity contribution in [3.63, 3.8) is 0 Å². The number of benzene rings is 1. The van der Waals surface area contributed by atoms with Gasteiger partial charge in [0.1, 0.15) is 5.82 Å². The fourth-order valence-electron chi connectivity index (χ4n) is 2.21. The second-order valence-electron chi connectivity index (χ2n) is 5.45. The van der Waals surface area contributed by atoms with Gasteiger partial charge in [0.25, 0.3) is 0 Å². The van der Waals surface area contributed by atoms with E-state index in [-0.39, 0.29) is 23.4 Å². The standard InChI is InChI=1S/C14H21ClFNO/c1-14(2,3)13(18-5)12(17-4)10-7-6-9(15)8-11(10)16/h6-8,12-13,17H,1-5H3. The first-order valence-corrected chi connectivity index (χ1v) is 6.34. The maximum absolute atomic E-state index is 14.0. The highest BCUT2D eigenvalue weighted by molar-refractivity contribution is 6.30. The Balaban J connectivity index is 3.16. The summed E-state index contributed by atoms with van der Waals surface area (Å²) in [6.45, 7) is 6.21. The average molecular weight is 274 g/mol. The maximum Gasteiger partial charge on any atom is 0.129 e. The number of rotatable bonds is 4. The van der Waals surface area contributed by atoms with Crippen LogP contribution in [-0.2, 0) is 4.74 Å². The van der Waals surface area contributed by atoms with Crippen LogP contribution >= 0.6 is 11.6 Å². The summed E-state index contributed by atoms with van der Waals surface area (Å²) in [6.07, 6.45) is -0.141. The first-order valence-electron chi connectivity index (χ1n) is 5.96. The molecular weight excluding hydrogens is 253 g/mol. The predicted octanol–water partition coefficient (Wildman–Crippen LogP) is 3.80. The minimum Gasteiger partial charge on any atom is -0.379 e. The number of ether oxygens (including phenoxy) is 1. The quantitative estimate of drug-likeness (QED) is 0.901. The molecule has 0 aliphatic carbocycles. The smallest absolute Gasteiger partial charge is 0.129 e. The van der Waals surface area contributed by atoms with Crippen molar-refractivity contribution in [2.45, 2.75) is 32.9 Å². The highest BCUT2D eigenvalue weighted by atomic mass is 35.5. The lowest BCUT2D eigenvalue weighted by Gasteiger charge is -2.36. The highest BCUT2D eigenvalue weighted by Crippen LogP contribution is 2.33. The minimum atomic E-state index is -0.312. The van der Waals surface area contributed by atoms with Gasteiger partial charge in [-0.05, 0) is 24.6 Å². The summed E-state index contributed by atoms with van der Waals surface area (Å²) in [4.78, 5) is 0. The molecule has 18 heavy (non-hydrogen) atoms. The fraction of sp³-hybridized carbons (Fsp3) is 0.571. The van der Waals surface area contributed by atoms with Gasteiger partial charge >= 0.3 is 0 Å². The van der Waals surface area contributed by atoms with Crippen LogP contribution in [0.3, 0.4) is 0 Å². The van der Waals surface area contributed by atoms with Crippen molar-refractivity contribution >= 4 is 11.6 Å². The van der Waals surface area contributed by atoms with Gasteiger partial charge in [-0.1, -0.05) is 38.4 Å². The molecule has 0 aromatic heterocycles. The van der Waals surface area contributed by atoms with Crippen LogP contribution in [-0.4, -0.2) is 20.3 Å². The van der Waals surface area contributed by atoms with E-state index in [0.29, 0.717) is 10.6 Å². The van der Waals surface area contributed by atoms with Gasteiger partial charge < -0.3 is 10.1 Å². The molecule has 102 valence electrons. The van der Waals surface area contributed by atoms with Crippen molar-refractivity contribution in [1.82, 2.24) is 5.32 Å². The van der Waals surface area contributed by atoms with E-state index in [9.17, 15) is 4.39 Å². The Morgan fingerprint density at radius 1 is 1.33 bits per heavy atom. The molecule has 0 saturated heterocycles. The van der Waals surface area contributed by atoms with Gasteiger partial charge in [0.2, 0.25) is 0 Å². The first-order chi connectivity index (χ1) is 8.31. The van der Waals surface area contributed by atoms with Crippen molar-refractivity contribution in [3.05, 3.63) is 34.6 Å². The average Bonchev–Trinajstić information content (AvgIpc) is 2.25. The van der Waals surface area contributed by atoms with Crippen LogP contribution in [0.25, 0.3) is 0 Å². The zero-order valence-electron chi connectivity index (χ0n) is 11.6. The summed E-state index contributed by atoms with van der Waals surface area (Å²) in [5.74, 6) is -0.312. The Morgan fingerprint density at radius 3 is 2.33 bits per heavy atom. The number of hydrogen-bond donors (Lipinski definition) is 1. The molecule has 0 aliphatic heterocycles. The van der Waals surface area contributed by atoms with Crippen LogP contribution < -0.4 is 5.32 Å². The van der Waals surface area contributed by atoms with E-state index in [2.05, 4.69) is 26.1 Å². The fourth-order valence-corrected chi connectivity index (χ4v) is 2.37. The molecule has 1 rings (SSSR count). The van der Waals surface area contributed by atoms with Crippen LogP contribution in [0.1, 0.15) is 32.4 Å². The lowest BCUT2D eigenvalue weighted by Crippen LogP contribution is -2.40. The van der Waals surface area contributed by atoms with E-state index in [1.165, 1.54) is 6.07 Å². The van der Waals surface area contributed by atoms with Gasteiger partial charge in [-0.3, -0.25) is 0 Å². The largest absolute Gasteiger partial charge is 0.379 e. The summed E-state index contributed by atoms with van der Waals surface area (Å²) in [6, 6.07) is 4.51. The molecule has 4 heteroatoms. The first kappa shape index (κ1) is 15.4. The van der Waals surface area contributed by atoms with E-state index in [0.717, 1.165) is 0 Å². The van der Waals surface area contributed by atoms with E-state index in [1.54, 1.807) is 26.3 Å². The molecule has 1 N–H and O–H groups in total. The van der Waals surface area contributed by atoms with Crippen molar-refractivity contribution < 1.29 is 9.13 Å². The highest BCUT2D eigenvalue weighted by Gasteiger charge is 2.33. The molecule has 0 saturated carbocycles. The Morgan fingerprint density at radius 2 is 1.94 bits per heavy atom. The number of likely N-dealkylation sites (N-methyl/N-ethyl adjacent to an activating group) is 1. The van der Waals surface area contributed by atoms with Crippen molar-refractivity contribution in [1.29, 1.82) is 0 Å². The van der Waals surface area contributed by atoms with Crippen LogP contribution in [0.5, 0.6) is 0 Å². The molecule has 2 nitrogen and oxygen atoms in total. The number of nitrogens with one attached hydrogen (secondary N) is 1. The monoisotopic (exact) mass is 273 g/mol. The SMILES string of the molecule is CNC(c1ccc(Cl)cc1F)C(OC)C(C)(C)C. The van der Waals surface area contributed by atoms with Crippen molar-refractivity contribution in [2.24, 2.45) is 5.41 Å². The Hall–Kier alpha value is -0.640. The number of halogens is 2. The number of methoxy groups -OCH3 is 1. The van der Waals surface area contributed by atoms with Gasteiger partial charge in [-0.25, -0.2) is 4.39 Å². The predicted molar refractivity (Wildman–Crippen MR) is 73.5 cm³/mol. The summed E-state index contributed by atoms with van der Waals surface area (Å²) >= 11 is 5.78. The lowest BCUT2D eigenvalue weighted by atomic mass is 9.82. The maximum atomic E-state index is 14.0. The second kappa shape index (κ2) is 6.00. The molecule has 0 bridgehead atoms. The molecule has 0 spiro atoms. The molecule has 2 unspecified atom stereocenters. The van der Waals surface area contributed by atoms with Gasteiger partial charge in [0, 0.05) is 17.7 Å². The van der Waals surface area contributed by atoms with Gasteiger partial charge in [-0.15, -0.1) is 0 Å². The third-order valence-electron chi connectivity index (χ3n) is 3.02. The number of hydrogen-bond acceptors (Lipinski definition) is 2. The van der Waals surface area contributed by atoms with Crippen LogP contribution in [0, 0.1) is 11.2 Å². The molecule has 2 atom stereocenters. The third kappa shape index (κ3) is 3.44. The molecule has 1 aromatic rings. The molecule has 0 amide bonds. The zero-order valence-corrected chi connectivity index (χ0v) is 12.3. The Bertz CT molecular complexity index is 403. The van der Waals surface area contributed by atoms with Crippen LogP contribution in [0.15, 0.2) is 18.2 Å².